The van der Waals surface area contributed by atoms with Crippen molar-refractivity contribution in [3.8, 4) is 0 Å². The quantitative estimate of drug-likeness (QED) is 0.686. The number of alkyl halides is 3. The van der Waals surface area contributed by atoms with Crippen LogP contribution >= 0.6 is 0 Å². The zero-order valence-corrected chi connectivity index (χ0v) is 17.9. The van der Waals surface area contributed by atoms with Gasteiger partial charge in [-0.25, -0.2) is 9.78 Å². The summed E-state index contributed by atoms with van der Waals surface area (Å²) >= 11 is 0. The van der Waals surface area contributed by atoms with Gasteiger partial charge in [0.05, 0.1) is 17.6 Å². The number of fused-ring (bicyclic) bond motifs is 4. The summed E-state index contributed by atoms with van der Waals surface area (Å²) in [6.45, 7) is 3.44. The van der Waals surface area contributed by atoms with E-state index in [4.69, 9.17) is 4.98 Å². The molecule has 170 valence electrons. The standard InChI is InChI=1S/C23H26F3N5O/c1-14-12-27-9-7-18(14)29-22(32)31-17-8-10-30(13-17)20-6-5-19(28-21(20)31)15-3-2-4-16(11-15)23(24,25)26/h5-7,9,12,15-17H,2-4,8,10-11,13H2,1H3,(H,27,29,32)/t15?,16?,17-/m0/s1. The van der Waals surface area contributed by atoms with Gasteiger partial charge in [-0.2, -0.15) is 13.2 Å². The number of nitrogens with one attached hydrogen (secondary N) is 1. The van der Waals surface area contributed by atoms with Gasteiger partial charge in [0.2, 0.25) is 0 Å². The number of aryl methyl sites for hydroxylation is 1. The highest BCUT2D eigenvalue weighted by Crippen LogP contribution is 2.45. The number of carbonyl (C=O) groups excluding carboxylic acids is 1. The van der Waals surface area contributed by atoms with Crippen molar-refractivity contribution in [2.45, 2.75) is 57.2 Å². The molecule has 3 aliphatic rings. The predicted molar refractivity (Wildman–Crippen MR) is 116 cm³/mol. The Labute approximate surface area is 184 Å². The Hall–Kier alpha value is -2.84. The number of urea groups is 1. The lowest BCUT2D eigenvalue weighted by atomic mass is 9.79. The maximum absolute atomic E-state index is 13.3. The Balaban J connectivity index is 1.45. The Morgan fingerprint density at radius 2 is 2.03 bits per heavy atom. The molecule has 0 spiro atoms. The van der Waals surface area contributed by atoms with E-state index in [9.17, 15) is 18.0 Å². The average molecular weight is 445 g/mol. The number of halogens is 3. The van der Waals surface area contributed by atoms with Gasteiger partial charge in [0.1, 0.15) is 0 Å². The molecule has 2 aromatic heterocycles. The molecule has 2 fully saturated rings. The van der Waals surface area contributed by atoms with Gasteiger partial charge in [-0.15, -0.1) is 0 Å². The summed E-state index contributed by atoms with van der Waals surface area (Å²) in [7, 11) is 0. The predicted octanol–water partition coefficient (Wildman–Crippen LogP) is 5.25. The van der Waals surface area contributed by atoms with E-state index >= 15 is 0 Å². The maximum Gasteiger partial charge on any atom is 0.391 e. The van der Waals surface area contributed by atoms with Crippen LogP contribution < -0.4 is 15.1 Å². The molecular weight excluding hydrogens is 419 g/mol. The monoisotopic (exact) mass is 445 g/mol. The van der Waals surface area contributed by atoms with Crippen LogP contribution in [0.4, 0.5) is 35.2 Å². The summed E-state index contributed by atoms with van der Waals surface area (Å²) in [5, 5.41) is 2.97. The van der Waals surface area contributed by atoms with Crippen LogP contribution in [0.1, 0.15) is 49.3 Å². The topological polar surface area (TPSA) is 61.4 Å². The minimum absolute atomic E-state index is 0.0123. The molecule has 1 saturated carbocycles. The van der Waals surface area contributed by atoms with Gasteiger partial charge in [-0.3, -0.25) is 9.88 Å². The van der Waals surface area contributed by atoms with Crippen LogP contribution in [0.25, 0.3) is 0 Å². The van der Waals surface area contributed by atoms with Gasteiger partial charge >= 0.3 is 12.2 Å². The molecule has 1 N–H and O–H groups in total. The fourth-order valence-corrected chi connectivity index (χ4v) is 5.26. The first-order chi connectivity index (χ1) is 15.3. The fourth-order valence-electron chi connectivity index (χ4n) is 5.26. The molecule has 9 heteroatoms. The van der Waals surface area contributed by atoms with Crippen molar-refractivity contribution in [1.82, 2.24) is 9.97 Å². The molecule has 1 aliphatic carbocycles. The molecule has 6 nitrogen and oxygen atoms in total. The largest absolute Gasteiger partial charge is 0.391 e. The zero-order valence-electron chi connectivity index (χ0n) is 17.9. The van der Waals surface area contributed by atoms with Gasteiger partial charge in [0, 0.05) is 42.8 Å². The average Bonchev–Trinajstić information content (AvgIpc) is 3.19. The lowest BCUT2D eigenvalue weighted by Crippen LogP contribution is -2.48. The van der Waals surface area contributed by atoms with Gasteiger partial charge in [0.25, 0.3) is 0 Å². The summed E-state index contributed by atoms with van der Waals surface area (Å²) in [6, 6.07) is 5.25. The summed E-state index contributed by atoms with van der Waals surface area (Å²) < 4.78 is 40.0. The van der Waals surface area contributed by atoms with Crippen LogP contribution in [0.3, 0.4) is 0 Å². The van der Waals surface area contributed by atoms with E-state index in [2.05, 4.69) is 15.2 Å². The molecule has 2 amide bonds. The fraction of sp³-hybridized carbons (Fsp3) is 0.522. The van der Waals surface area contributed by atoms with Crippen LogP contribution in [0.15, 0.2) is 30.6 Å². The van der Waals surface area contributed by atoms with Crippen LogP contribution in [0, 0.1) is 12.8 Å². The first-order valence-electron chi connectivity index (χ1n) is 11.1. The first kappa shape index (κ1) is 21.0. The summed E-state index contributed by atoms with van der Waals surface area (Å²) in [5.41, 5.74) is 3.06. The Morgan fingerprint density at radius 1 is 1.19 bits per heavy atom. The molecule has 2 bridgehead atoms. The lowest BCUT2D eigenvalue weighted by Gasteiger charge is -2.37. The number of nitrogens with zero attached hydrogens (tertiary/aromatic N) is 4. The summed E-state index contributed by atoms with van der Waals surface area (Å²) in [5.74, 6) is -0.981. The zero-order chi connectivity index (χ0) is 22.5. The Morgan fingerprint density at radius 3 is 2.81 bits per heavy atom. The lowest BCUT2D eigenvalue weighted by molar-refractivity contribution is -0.183. The van der Waals surface area contributed by atoms with Gasteiger partial charge < -0.3 is 10.2 Å². The number of rotatable bonds is 2. The third-order valence-electron chi connectivity index (χ3n) is 7.01. The molecule has 0 aromatic carbocycles. The van der Waals surface area contributed by atoms with Crippen LogP contribution in [-0.4, -0.2) is 41.3 Å². The number of carbonyl (C=O) groups is 1. The van der Waals surface area contributed by atoms with Crippen molar-refractivity contribution >= 4 is 23.2 Å². The van der Waals surface area contributed by atoms with Crippen molar-refractivity contribution in [1.29, 1.82) is 0 Å². The SMILES string of the molecule is Cc1cnccc1NC(=O)N1c2nc(C3CCCC(C(F)(F)F)C3)ccc2N2CC[C@H]1C2. The summed E-state index contributed by atoms with van der Waals surface area (Å²) in [4.78, 5) is 26.1. The highest BCUT2D eigenvalue weighted by Gasteiger charge is 2.44. The molecule has 2 aromatic rings. The summed E-state index contributed by atoms with van der Waals surface area (Å²) in [6.07, 6.45) is 1.43. The van der Waals surface area contributed by atoms with Crippen molar-refractivity contribution in [2.24, 2.45) is 5.92 Å². The van der Waals surface area contributed by atoms with E-state index in [1.54, 1.807) is 23.4 Å². The Kier molecular flexibility index (Phi) is 5.22. The molecule has 3 atom stereocenters. The molecule has 2 aliphatic heterocycles. The number of aromatic nitrogens is 2. The second kappa shape index (κ2) is 7.94. The number of anilines is 3. The van der Waals surface area contributed by atoms with E-state index in [-0.39, 0.29) is 30.8 Å². The van der Waals surface area contributed by atoms with Crippen molar-refractivity contribution in [3.63, 3.8) is 0 Å². The minimum atomic E-state index is -4.17. The molecule has 2 unspecified atom stereocenters. The van der Waals surface area contributed by atoms with Crippen molar-refractivity contribution in [3.05, 3.63) is 41.9 Å². The van der Waals surface area contributed by atoms with Crippen molar-refractivity contribution < 1.29 is 18.0 Å². The third kappa shape index (κ3) is 3.78. The van der Waals surface area contributed by atoms with Crippen LogP contribution in [-0.2, 0) is 0 Å². The first-order valence-corrected chi connectivity index (χ1v) is 11.1. The van der Waals surface area contributed by atoms with Gasteiger partial charge in [0.15, 0.2) is 5.82 Å². The number of hydrogen-bond acceptors (Lipinski definition) is 4. The van der Waals surface area contributed by atoms with E-state index < -0.39 is 12.1 Å². The maximum atomic E-state index is 13.3. The highest BCUT2D eigenvalue weighted by atomic mass is 19.4. The molecule has 1 saturated heterocycles. The number of amides is 2. The van der Waals surface area contributed by atoms with E-state index in [1.807, 2.05) is 19.1 Å². The smallest absolute Gasteiger partial charge is 0.366 e. The number of hydrogen-bond donors (Lipinski definition) is 1. The third-order valence-corrected chi connectivity index (χ3v) is 7.01. The highest BCUT2D eigenvalue weighted by molar-refractivity contribution is 6.04. The molecule has 5 rings (SSSR count). The van der Waals surface area contributed by atoms with Gasteiger partial charge in [-0.05, 0) is 56.4 Å². The Bertz CT molecular complexity index is 1030. The normalized spacial score (nSPS) is 24.9. The van der Waals surface area contributed by atoms with E-state index in [0.717, 1.165) is 30.8 Å². The van der Waals surface area contributed by atoms with E-state index in [1.165, 1.54) is 0 Å². The van der Waals surface area contributed by atoms with Crippen LogP contribution in [0.2, 0.25) is 0 Å². The second-order valence-electron chi connectivity index (χ2n) is 9.06. The molecular formula is C23H26F3N5O. The van der Waals surface area contributed by atoms with E-state index in [0.29, 0.717) is 30.0 Å². The van der Waals surface area contributed by atoms with Crippen LogP contribution in [0.5, 0.6) is 0 Å². The number of pyridine rings is 2. The van der Waals surface area contributed by atoms with Gasteiger partial charge in [-0.1, -0.05) is 6.42 Å². The second-order valence-corrected chi connectivity index (χ2v) is 9.06. The molecule has 4 heterocycles. The molecule has 0 radical (unpaired) electrons. The van der Waals surface area contributed by atoms with Crippen molar-refractivity contribution in [2.75, 3.05) is 28.2 Å². The molecule has 32 heavy (non-hydrogen) atoms. The minimum Gasteiger partial charge on any atom is -0.366 e.